The van der Waals surface area contributed by atoms with E-state index in [4.69, 9.17) is 5.73 Å². The van der Waals surface area contributed by atoms with E-state index < -0.39 is 0 Å². The fourth-order valence-electron chi connectivity index (χ4n) is 2.81. The maximum absolute atomic E-state index is 12.3. The van der Waals surface area contributed by atoms with Crippen molar-refractivity contribution in [3.63, 3.8) is 0 Å². The van der Waals surface area contributed by atoms with Crippen LogP contribution in [-0.4, -0.2) is 16.9 Å². The minimum atomic E-state index is 0. The molecule has 3 N–H and O–H groups in total. The number of aromatic nitrogens is 1. The third kappa shape index (κ3) is 3.54. The highest BCUT2D eigenvalue weighted by Crippen LogP contribution is 2.29. The van der Waals surface area contributed by atoms with Gasteiger partial charge < -0.3 is 11.1 Å². The van der Waals surface area contributed by atoms with Crippen LogP contribution < -0.4 is 11.1 Å². The van der Waals surface area contributed by atoms with Gasteiger partial charge in [-0.2, -0.15) is 0 Å². The molecule has 1 saturated carbocycles. The topological polar surface area (TPSA) is 68.0 Å². The summed E-state index contributed by atoms with van der Waals surface area (Å²) < 4.78 is 1.11. The second-order valence-electron chi connectivity index (χ2n) is 5.55. The normalized spacial score (nSPS) is 21.8. The van der Waals surface area contributed by atoms with E-state index in [9.17, 15) is 4.79 Å². The number of hydrogen-bond acceptors (Lipinski definition) is 4. The van der Waals surface area contributed by atoms with Crippen LogP contribution in [0.5, 0.6) is 0 Å². The Hall–Kier alpha value is -1.17. The van der Waals surface area contributed by atoms with Crippen molar-refractivity contribution in [3.8, 4) is 0 Å². The van der Waals surface area contributed by atoms with Gasteiger partial charge in [-0.1, -0.05) is 29.9 Å². The number of aryl methyl sites for hydroxylation is 1. The summed E-state index contributed by atoms with van der Waals surface area (Å²) in [7, 11) is 0. The molecule has 1 heterocycles. The largest absolute Gasteiger partial charge is 0.328 e. The van der Waals surface area contributed by atoms with Crippen LogP contribution in [0.1, 0.15) is 31.2 Å². The lowest BCUT2D eigenvalue weighted by Gasteiger charge is -2.25. The number of fused-ring (bicyclic) bond motifs is 1. The number of thiazole rings is 1. The van der Waals surface area contributed by atoms with Gasteiger partial charge in [0.1, 0.15) is 0 Å². The Bertz CT molecular complexity index is 643. The first kappa shape index (κ1) is 16.2. The van der Waals surface area contributed by atoms with Crippen molar-refractivity contribution in [2.45, 2.75) is 38.6 Å². The van der Waals surface area contributed by atoms with Gasteiger partial charge in [0.05, 0.1) is 10.2 Å². The van der Waals surface area contributed by atoms with Gasteiger partial charge in [0.2, 0.25) is 5.91 Å². The summed E-state index contributed by atoms with van der Waals surface area (Å²) in [5.74, 6) is 0.101. The highest BCUT2D eigenvalue weighted by molar-refractivity contribution is 7.22. The van der Waals surface area contributed by atoms with Gasteiger partial charge in [-0.15, -0.1) is 12.4 Å². The number of nitrogens with one attached hydrogen (secondary N) is 1. The van der Waals surface area contributed by atoms with E-state index in [0.717, 1.165) is 41.5 Å². The lowest BCUT2D eigenvalue weighted by atomic mass is 9.86. The molecule has 0 saturated heterocycles. The molecule has 2 atom stereocenters. The van der Waals surface area contributed by atoms with Crippen LogP contribution in [-0.2, 0) is 4.79 Å². The molecule has 21 heavy (non-hydrogen) atoms. The first-order valence-corrected chi connectivity index (χ1v) is 7.88. The van der Waals surface area contributed by atoms with E-state index in [1.807, 2.05) is 25.1 Å². The van der Waals surface area contributed by atoms with Crippen LogP contribution in [0.4, 0.5) is 5.13 Å². The van der Waals surface area contributed by atoms with Gasteiger partial charge in [-0.05, 0) is 37.8 Å². The molecule has 1 fully saturated rings. The van der Waals surface area contributed by atoms with Gasteiger partial charge in [0, 0.05) is 12.0 Å². The number of benzene rings is 1. The van der Waals surface area contributed by atoms with Crippen LogP contribution >= 0.6 is 23.7 Å². The summed E-state index contributed by atoms with van der Waals surface area (Å²) in [5.41, 5.74) is 8.06. The van der Waals surface area contributed by atoms with Gasteiger partial charge in [0.25, 0.3) is 0 Å². The highest BCUT2D eigenvalue weighted by Gasteiger charge is 2.25. The predicted molar refractivity (Wildman–Crippen MR) is 90.2 cm³/mol. The van der Waals surface area contributed by atoms with E-state index in [1.54, 1.807) is 0 Å². The SMILES string of the molecule is Cc1cccc2sc(NC(=O)C3CCCC(N)C3)nc12.Cl. The molecule has 1 aliphatic carbocycles. The number of nitrogens with two attached hydrogens (primary N) is 1. The molecule has 1 aromatic heterocycles. The minimum absolute atomic E-state index is 0. The second-order valence-corrected chi connectivity index (χ2v) is 6.58. The summed E-state index contributed by atoms with van der Waals surface area (Å²) in [6.07, 6.45) is 3.79. The van der Waals surface area contributed by atoms with Crippen molar-refractivity contribution >= 4 is 45.0 Å². The van der Waals surface area contributed by atoms with Crippen LogP contribution in [0.25, 0.3) is 10.2 Å². The van der Waals surface area contributed by atoms with Crippen molar-refractivity contribution in [3.05, 3.63) is 23.8 Å². The molecule has 0 radical (unpaired) electrons. The zero-order valence-electron chi connectivity index (χ0n) is 12.0. The monoisotopic (exact) mass is 325 g/mol. The lowest BCUT2D eigenvalue weighted by molar-refractivity contribution is -0.120. The quantitative estimate of drug-likeness (QED) is 0.888. The average molecular weight is 326 g/mol. The van der Waals surface area contributed by atoms with E-state index >= 15 is 0 Å². The number of carbonyl (C=O) groups excluding carboxylic acids is 1. The molecule has 114 valence electrons. The number of carbonyl (C=O) groups is 1. The van der Waals surface area contributed by atoms with Crippen molar-refractivity contribution in [1.29, 1.82) is 0 Å². The predicted octanol–water partition coefficient (Wildman–Crippen LogP) is 3.48. The first-order chi connectivity index (χ1) is 9.63. The van der Waals surface area contributed by atoms with Crippen LogP contribution in [0, 0.1) is 12.8 Å². The smallest absolute Gasteiger partial charge is 0.229 e. The number of amides is 1. The third-order valence-electron chi connectivity index (χ3n) is 3.94. The van der Waals surface area contributed by atoms with Crippen LogP contribution in [0.3, 0.4) is 0 Å². The third-order valence-corrected chi connectivity index (χ3v) is 4.87. The Balaban J connectivity index is 0.00000161. The molecule has 1 aliphatic rings. The molecule has 0 bridgehead atoms. The van der Waals surface area contributed by atoms with Gasteiger partial charge in [-0.3, -0.25) is 4.79 Å². The molecule has 1 aromatic carbocycles. The minimum Gasteiger partial charge on any atom is -0.328 e. The van der Waals surface area contributed by atoms with Crippen LogP contribution in [0.2, 0.25) is 0 Å². The Morgan fingerprint density at radius 1 is 1.43 bits per heavy atom. The van der Waals surface area contributed by atoms with Crippen molar-refractivity contribution < 1.29 is 4.79 Å². The zero-order chi connectivity index (χ0) is 14.1. The molecule has 6 heteroatoms. The summed E-state index contributed by atoms with van der Waals surface area (Å²) in [6, 6.07) is 6.25. The average Bonchev–Trinajstić information content (AvgIpc) is 2.83. The fourth-order valence-corrected chi connectivity index (χ4v) is 3.76. The fraction of sp³-hybridized carbons (Fsp3) is 0.467. The van der Waals surface area contributed by atoms with Crippen LogP contribution in [0.15, 0.2) is 18.2 Å². The number of hydrogen-bond donors (Lipinski definition) is 2. The van der Waals surface area contributed by atoms with E-state index in [2.05, 4.69) is 10.3 Å². The Morgan fingerprint density at radius 2 is 2.24 bits per heavy atom. The Morgan fingerprint density at radius 3 is 2.95 bits per heavy atom. The summed E-state index contributed by atoms with van der Waals surface area (Å²) >= 11 is 1.53. The molecule has 4 nitrogen and oxygen atoms in total. The molecule has 0 spiro atoms. The van der Waals surface area contributed by atoms with Gasteiger partial charge in [-0.25, -0.2) is 4.98 Å². The van der Waals surface area contributed by atoms with Crippen molar-refractivity contribution in [2.24, 2.45) is 11.7 Å². The maximum atomic E-state index is 12.3. The lowest BCUT2D eigenvalue weighted by Crippen LogP contribution is -2.34. The first-order valence-electron chi connectivity index (χ1n) is 7.06. The molecule has 1 amide bonds. The van der Waals surface area contributed by atoms with E-state index in [0.29, 0.717) is 5.13 Å². The van der Waals surface area contributed by atoms with E-state index in [-0.39, 0.29) is 30.3 Å². The standard InChI is InChI=1S/C15H19N3OS.ClH/c1-9-4-2-7-12-13(9)17-15(20-12)18-14(19)10-5-3-6-11(16)8-10;/h2,4,7,10-11H,3,5-6,8,16H2,1H3,(H,17,18,19);1H. The van der Waals surface area contributed by atoms with Gasteiger partial charge >= 0.3 is 0 Å². The Labute approximate surface area is 134 Å². The van der Waals surface area contributed by atoms with E-state index in [1.165, 1.54) is 11.3 Å². The summed E-state index contributed by atoms with van der Waals surface area (Å²) in [6.45, 7) is 2.04. The molecule has 2 unspecified atom stereocenters. The number of anilines is 1. The van der Waals surface area contributed by atoms with Crippen molar-refractivity contribution in [2.75, 3.05) is 5.32 Å². The van der Waals surface area contributed by atoms with Crippen molar-refractivity contribution in [1.82, 2.24) is 4.98 Å². The number of para-hydroxylation sites is 1. The molecule has 3 rings (SSSR count). The molecular weight excluding hydrogens is 306 g/mol. The Kier molecular flexibility index (Phi) is 5.19. The number of nitrogens with zero attached hydrogens (tertiary/aromatic N) is 1. The highest BCUT2D eigenvalue weighted by atomic mass is 35.5. The second kappa shape index (κ2) is 6.73. The number of halogens is 1. The summed E-state index contributed by atoms with van der Waals surface area (Å²) in [4.78, 5) is 16.8. The van der Waals surface area contributed by atoms with Gasteiger partial charge in [0.15, 0.2) is 5.13 Å². The number of rotatable bonds is 2. The molecular formula is C15H20ClN3OS. The summed E-state index contributed by atoms with van der Waals surface area (Å²) in [5, 5.41) is 3.65. The maximum Gasteiger partial charge on any atom is 0.229 e. The molecule has 2 aromatic rings. The molecule has 0 aliphatic heterocycles. The zero-order valence-corrected chi connectivity index (χ0v) is 13.6.